The average molecular weight is 203 g/mol. The minimum absolute atomic E-state index is 0. The standard InChI is InChI=1S/C9H11NO2.K/c10-8(9(11)12)6-7-4-2-1-3-5-7;/h1-5,8H,6,10H2,(H,11,12);/q;+1/p-1/t8-;/m1./s1. The first-order valence-corrected chi connectivity index (χ1v) is 3.70. The van der Waals surface area contributed by atoms with Crippen molar-refractivity contribution in [3.8, 4) is 0 Å². The van der Waals surface area contributed by atoms with Crippen molar-refractivity contribution in [3.63, 3.8) is 0 Å². The quantitative estimate of drug-likeness (QED) is 0.514. The van der Waals surface area contributed by atoms with Crippen molar-refractivity contribution in [3.05, 3.63) is 35.9 Å². The molecular weight excluding hydrogens is 193 g/mol. The van der Waals surface area contributed by atoms with E-state index in [4.69, 9.17) is 5.73 Å². The summed E-state index contributed by atoms with van der Waals surface area (Å²) in [6.45, 7) is 0. The fourth-order valence-corrected chi connectivity index (χ4v) is 0.951. The SMILES string of the molecule is N[C@H](Cc1ccccc1)C(=O)[O-].[K+]. The number of rotatable bonds is 3. The van der Waals surface area contributed by atoms with Crippen LogP contribution in [0.1, 0.15) is 5.56 Å². The van der Waals surface area contributed by atoms with E-state index in [1.54, 1.807) is 0 Å². The van der Waals surface area contributed by atoms with Crippen molar-refractivity contribution < 1.29 is 61.3 Å². The molecule has 0 bridgehead atoms. The van der Waals surface area contributed by atoms with Crippen LogP contribution in [0, 0.1) is 0 Å². The topological polar surface area (TPSA) is 66.2 Å². The summed E-state index contributed by atoms with van der Waals surface area (Å²) in [5.41, 5.74) is 6.20. The Morgan fingerprint density at radius 2 is 1.92 bits per heavy atom. The van der Waals surface area contributed by atoms with Crippen molar-refractivity contribution >= 4 is 5.97 Å². The summed E-state index contributed by atoms with van der Waals surface area (Å²) in [6, 6.07) is 8.32. The van der Waals surface area contributed by atoms with Gasteiger partial charge in [-0.1, -0.05) is 30.3 Å². The predicted molar refractivity (Wildman–Crippen MR) is 43.1 cm³/mol. The summed E-state index contributed by atoms with van der Waals surface area (Å²) in [5.74, 6) is -1.21. The largest absolute Gasteiger partial charge is 1.00 e. The maximum absolute atomic E-state index is 10.3. The van der Waals surface area contributed by atoms with Crippen molar-refractivity contribution in [1.82, 2.24) is 0 Å². The Balaban J connectivity index is 0.00000144. The molecule has 3 nitrogen and oxygen atoms in total. The molecule has 1 rings (SSSR count). The first kappa shape index (κ1) is 13.3. The van der Waals surface area contributed by atoms with Gasteiger partial charge in [0, 0.05) is 6.04 Å². The molecule has 0 fully saturated rings. The second kappa shape index (κ2) is 6.70. The second-order valence-electron chi connectivity index (χ2n) is 2.62. The van der Waals surface area contributed by atoms with Crippen LogP contribution < -0.4 is 62.2 Å². The van der Waals surface area contributed by atoms with Gasteiger partial charge in [0.2, 0.25) is 0 Å². The van der Waals surface area contributed by atoms with E-state index in [1.807, 2.05) is 30.3 Å². The molecule has 0 aromatic heterocycles. The number of aliphatic carboxylic acids is 1. The van der Waals surface area contributed by atoms with Gasteiger partial charge in [-0.3, -0.25) is 0 Å². The fraction of sp³-hybridized carbons (Fsp3) is 0.222. The molecule has 0 saturated heterocycles. The summed E-state index contributed by atoms with van der Waals surface area (Å²) in [4.78, 5) is 10.3. The van der Waals surface area contributed by atoms with E-state index in [1.165, 1.54) is 0 Å². The third-order valence-electron chi connectivity index (χ3n) is 1.60. The van der Waals surface area contributed by atoms with Crippen LogP contribution in [-0.4, -0.2) is 12.0 Å². The molecular formula is C9H10KNO2. The Labute approximate surface area is 120 Å². The normalized spacial score (nSPS) is 11.5. The Kier molecular flexibility index (Phi) is 6.85. The first-order chi connectivity index (χ1) is 5.70. The van der Waals surface area contributed by atoms with Crippen LogP contribution in [0.2, 0.25) is 0 Å². The molecule has 1 aromatic carbocycles. The van der Waals surface area contributed by atoms with Gasteiger partial charge in [-0.05, 0) is 12.0 Å². The third kappa shape index (κ3) is 4.90. The molecule has 0 spiro atoms. The van der Waals surface area contributed by atoms with E-state index < -0.39 is 12.0 Å². The average Bonchev–Trinajstić information content (AvgIpc) is 2.06. The van der Waals surface area contributed by atoms with E-state index in [-0.39, 0.29) is 51.4 Å². The van der Waals surface area contributed by atoms with Gasteiger partial charge in [0.05, 0.1) is 5.97 Å². The second-order valence-corrected chi connectivity index (χ2v) is 2.62. The molecule has 0 aliphatic heterocycles. The molecule has 0 aliphatic carbocycles. The van der Waals surface area contributed by atoms with Gasteiger partial charge < -0.3 is 15.6 Å². The number of carboxylic acids is 1. The third-order valence-corrected chi connectivity index (χ3v) is 1.60. The van der Waals surface area contributed by atoms with Gasteiger partial charge in [0.15, 0.2) is 0 Å². The van der Waals surface area contributed by atoms with Crippen molar-refractivity contribution in [1.29, 1.82) is 0 Å². The Morgan fingerprint density at radius 1 is 1.38 bits per heavy atom. The zero-order valence-corrected chi connectivity index (χ0v) is 10.7. The van der Waals surface area contributed by atoms with E-state index in [0.29, 0.717) is 6.42 Å². The van der Waals surface area contributed by atoms with Crippen LogP contribution in [0.25, 0.3) is 0 Å². The monoisotopic (exact) mass is 203 g/mol. The summed E-state index contributed by atoms with van der Waals surface area (Å²) in [5, 5.41) is 10.3. The van der Waals surface area contributed by atoms with Crippen LogP contribution in [0.3, 0.4) is 0 Å². The Bertz CT molecular complexity index is 264. The molecule has 0 aliphatic rings. The van der Waals surface area contributed by atoms with Crippen molar-refractivity contribution in [2.75, 3.05) is 0 Å². The predicted octanol–water partition coefficient (Wildman–Crippen LogP) is -3.69. The van der Waals surface area contributed by atoms with Crippen molar-refractivity contribution in [2.24, 2.45) is 5.73 Å². The maximum atomic E-state index is 10.3. The number of carbonyl (C=O) groups excluding carboxylic acids is 1. The first-order valence-electron chi connectivity index (χ1n) is 3.70. The molecule has 0 saturated carbocycles. The number of hydrogen-bond donors (Lipinski definition) is 1. The molecule has 2 N–H and O–H groups in total. The molecule has 4 heteroatoms. The zero-order chi connectivity index (χ0) is 8.97. The minimum atomic E-state index is -1.21. The van der Waals surface area contributed by atoms with Crippen LogP contribution in [0.15, 0.2) is 30.3 Å². The Morgan fingerprint density at radius 3 is 2.38 bits per heavy atom. The van der Waals surface area contributed by atoms with E-state index >= 15 is 0 Å². The number of hydrogen-bond acceptors (Lipinski definition) is 3. The molecule has 0 unspecified atom stereocenters. The summed E-state index contributed by atoms with van der Waals surface area (Å²) in [6.07, 6.45) is 0.323. The van der Waals surface area contributed by atoms with Crippen LogP contribution >= 0.6 is 0 Å². The van der Waals surface area contributed by atoms with Crippen LogP contribution in [0.5, 0.6) is 0 Å². The van der Waals surface area contributed by atoms with Gasteiger partial charge in [-0.15, -0.1) is 0 Å². The number of nitrogens with two attached hydrogens (primary N) is 1. The molecule has 0 radical (unpaired) electrons. The zero-order valence-electron chi connectivity index (χ0n) is 7.57. The van der Waals surface area contributed by atoms with E-state index in [9.17, 15) is 9.90 Å². The Hall–Kier alpha value is 0.286. The van der Waals surface area contributed by atoms with Crippen LogP contribution in [-0.2, 0) is 11.2 Å². The van der Waals surface area contributed by atoms with Crippen LogP contribution in [0.4, 0.5) is 0 Å². The molecule has 64 valence electrons. The summed E-state index contributed by atoms with van der Waals surface area (Å²) >= 11 is 0. The van der Waals surface area contributed by atoms with Gasteiger partial charge in [0.1, 0.15) is 0 Å². The number of benzene rings is 1. The van der Waals surface area contributed by atoms with Gasteiger partial charge in [0.25, 0.3) is 0 Å². The summed E-state index contributed by atoms with van der Waals surface area (Å²) in [7, 11) is 0. The fourth-order valence-electron chi connectivity index (χ4n) is 0.951. The van der Waals surface area contributed by atoms with E-state index in [2.05, 4.69) is 0 Å². The molecule has 13 heavy (non-hydrogen) atoms. The molecule has 0 amide bonds. The smallest absolute Gasteiger partial charge is 0.548 e. The maximum Gasteiger partial charge on any atom is 1.00 e. The van der Waals surface area contributed by atoms with Gasteiger partial charge in [-0.2, -0.15) is 0 Å². The van der Waals surface area contributed by atoms with Gasteiger partial charge in [-0.25, -0.2) is 0 Å². The molecule has 1 atom stereocenters. The minimum Gasteiger partial charge on any atom is -0.548 e. The van der Waals surface area contributed by atoms with Gasteiger partial charge >= 0.3 is 51.4 Å². The van der Waals surface area contributed by atoms with Crippen molar-refractivity contribution in [2.45, 2.75) is 12.5 Å². The number of carbonyl (C=O) groups is 1. The summed E-state index contributed by atoms with van der Waals surface area (Å²) < 4.78 is 0. The molecule has 0 heterocycles. The number of carboxylic acid groups (broad SMARTS) is 1. The molecule has 1 aromatic rings. The van der Waals surface area contributed by atoms with E-state index in [0.717, 1.165) is 5.56 Å².